The third kappa shape index (κ3) is 4.79. The summed E-state index contributed by atoms with van der Waals surface area (Å²) >= 11 is 0. The van der Waals surface area contributed by atoms with Crippen molar-refractivity contribution in [2.75, 3.05) is 13.7 Å². The van der Waals surface area contributed by atoms with Gasteiger partial charge in [0.25, 0.3) is 0 Å². The zero-order valence-corrected chi connectivity index (χ0v) is 14.5. The lowest BCUT2D eigenvalue weighted by atomic mass is 9.96. The molecule has 0 radical (unpaired) electrons. The number of amides is 1. The van der Waals surface area contributed by atoms with Gasteiger partial charge in [-0.15, -0.1) is 10.2 Å². The van der Waals surface area contributed by atoms with Crippen LogP contribution >= 0.6 is 0 Å². The summed E-state index contributed by atoms with van der Waals surface area (Å²) in [5.41, 5.74) is 1.03. The Labute approximate surface area is 142 Å². The van der Waals surface area contributed by atoms with Crippen LogP contribution in [-0.2, 0) is 23.2 Å². The van der Waals surface area contributed by atoms with Gasteiger partial charge in [0.1, 0.15) is 25.3 Å². The van der Waals surface area contributed by atoms with Gasteiger partial charge >= 0.3 is 0 Å². The van der Waals surface area contributed by atoms with Gasteiger partial charge in [-0.05, 0) is 23.6 Å². The highest BCUT2D eigenvalue weighted by Gasteiger charge is 2.18. The van der Waals surface area contributed by atoms with Gasteiger partial charge < -0.3 is 19.4 Å². The maximum Gasteiger partial charge on any atom is 0.246 e. The number of aromatic nitrogens is 3. The van der Waals surface area contributed by atoms with Gasteiger partial charge in [0.05, 0.1) is 13.2 Å². The molecule has 130 valence electrons. The monoisotopic (exact) mass is 332 g/mol. The molecule has 1 heterocycles. The lowest BCUT2D eigenvalue weighted by Gasteiger charge is -2.23. The van der Waals surface area contributed by atoms with E-state index in [1.54, 1.807) is 18.0 Å². The maximum atomic E-state index is 12.2. The number of ether oxygens (including phenoxy) is 2. The predicted octanol–water partition coefficient (Wildman–Crippen LogP) is 1.85. The number of aryl methyl sites for hydroxylation is 1. The van der Waals surface area contributed by atoms with Crippen molar-refractivity contribution in [1.29, 1.82) is 0 Å². The summed E-state index contributed by atoms with van der Waals surface area (Å²) in [6.45, 7) is 4.36. The number of carbonyl (C=O) groups is 1. The fraction of sp³-hybridized carbons (Fsp3) is 0.471. The average Bonchev–Trinajstić information content (AvgIpc) is 2.98. The molecule has 0 aliphatic rings. The highest BCUT2D eigenvalue weighted by Crippen LogP contribution is 2.23. The normalized spacial score (nSPS) is 12.2. The molecule has 1 aromatic carbocycles. The van der Waals surface area contributed by atoms with Crippen molar-refractivity contribution in [2.24, 2.45) is 13.0 Å². The summed E-state index contributed by atoms with van der Waals surface area (Å²) in [4.78, 5) is 12.2. The minimum atomic E-state index is -0.160. The molecule has 24 heavy (non-hydrogen) atoms. The van der Waals surface area contributed by atoms with E-state index in [0.29, 0.717) is 5.82 Å². The maximum absolute atomic E-state index is 12.2. The predicted molar refractivity (Wildman–Crippen MR) is 89.4 cm³/mol. The fourth-order valence-corrected chi connectivity index (χ4v) is 2.33. The molecule has 7 heteroatoms. The summed E-state index contributed by atoms with van der Waals surface area (Å²) in [6.07, 6.45) is 1.59. The Hall–Kier alpha value is -2.41. The van der Waals surface area contributed by atoms with Gasteiger partial charge in [0.15, 0.2) is 5.82 Å². The zero-order chi connectivity index (χ0) is 17.5. The SMILES string of the molecule is COc1ccc(C(NC(=O)COCc2nncn2C)C(C)C)cc1. The van der Waals surface area contributed by atoms with Gasteiger partial charge in [-0.2, -0.15) is 0 Å². The third-order valence-corrected chi connectivity index (χ3v) is 3.73. The largest absolute Gasteiger partial charge is 0.497 e. The van der Waals surface area contributed by atoms with E-state index in [9.17, 15) is 4.79 Å². The Bertz CT molecular complexity index is 652. The molecule has 0 aliphatic carbocycles. The molecular weight excluding hydrogens is 308 g/mol. The number of hydrogen-bond donors (Lipinski definition) is 1. The first kappa shape index (κ1) is 17.9. The standard InChI is InChI=1S/C17H24N4O3/c1-12(2)17(13-5-7-14(23-4)8-6-13)19-16(22)10-24-9-15-20-18-11-21(15)3/h5-8,11-12,17H,9-10H2,1-4H3,(H,19,22). The molecule has 0 bridgehead atoms. The van der Waals surface area contributed by atoms with E-state index in [1.807, 2.05) is 31.3 Å². The molecule has 1 aromatic heterocycles. The number of methoxy groups -OCH3 is 1. The molecule has 2 aromatic rings. The zero-order valence-electron chi connectivity index (χ0n) is 14.5. The van der Waals surface area contributed by atoms with E-state index in [1.165, 1.54) is 0 Å². The van der Waals surface area contributed by atoms with Crippen LogP contribution in [0.1, 0.15) is 31.3 Å². The van der Waals surface area contributed by atoms with Crippen LogP contribution in [0.3, 0.4) is 0 Å². The third-order valence-electron chi connectivity index (χ3n) is 3.73. The molecule has 2 rings (SSSR count). The Morgan fingerprint density at radius 1 is 1.29 bits per heavy atom. The van der Waals surface area contributed by atoms with Crippen LogP contribution in [0.2, 0.25) is 0 Å². The molecule has 0 saturated heterocycles. The number of nitrogens with zero attached hydrogens (tertiary/aromatic N) is 3. The Balaban J connectivity index is 1.89. The molecule has 0 aliphatic heterocycles. The van der Waals surface area contributed by atoms with Crippen LogP contribution in [0.5, 0.6) is 5.75 Å². The minimum Gasteiger partial charge on any atom is -0.497 e. The summed E-state index contributed by atoms with van der Waals surface area (Å²) in [5.74, 6) is 1.56. The Kier molecular flexibility index (Phi) is 6.31. The molecular formula is C17H24N4O3. The van der Waals surface area contributed by atoms with Crippen LogP contribution in [0.15, 0.2) is 30.6 Å². The first-order chi connectivity index (χ1) is 11.5. The second-order valence-corrected chi connectivity index (χ2v) is 5.91. The van der Waals surface area contributed by atoms with E-state index in [0.717, 1.165) is 11.3 Å². The van der Waals surface area contributed by atoms with Crippen molar-refractivity contribution in [3.05, 3.63) is 42.0 Å². The second-order valence-electron chi connectivity index (χ2n) is 5.91. The van der Waals surface area contributed by atoms with Crippen molar-refractivity contribution in [3.8, 4) is 5.75 Å². The van der Waals surface area contributed by atoms with E-state index in [4.69, 9.17) is 9.47 Å². The number of carbonyl (C=O) groups excluding carboxylic acids is 1. The lowest BCUT2D eigenvalue weighted by molar-refractivity contribution is -0.127. The van der Waals surface area contributed by atoms with Crippen molar-refractivity contribution in [3.63, 3.8) is 0 Å². The molecule has 1 amide bonds. The van der Waals surface area contributed by atoms with Crippen LogP contribution in [0.25, 0.3) is 0 Å². The lowest BCUT2D eigenvalue weighted by Crippen LogP contribution is -2.34. The van der Waals surface area contributed by atoms with Gasteiger partial charge in [0, 0.05) is 7.05 Å². The summed E-state index contributed by atoms with van der Waals surface area (Å²) in [7, 11) is 3.46. The van der Waals surface area contributed by atoms with Crippen molar-refractivity contribution >= 4 is 5.91 Å². The van der Waals surface area contributed by atoms with Crippen LogP contribution < -0.4 is 10.1 Å². The molecule has 1 unspecified atom stereocenters. The quantitative estimate of drug-likeness (QED) is 0.798. The highest BCUT2D eigenvalue weighted by atomic mass is 16.5. The average molecular weight is 332 g/mol. The van der Waals surface area contributed by atoms with E-state index < -0.39 is 0 Å². The smallest absolute Gasteiger partial charge is 0.246 e. The molecule has 1 atom stereocenters. The van der Waals surface area contributed by atoms with Gasteiger partial charge in [0.2, 0.25) is 5.91 Å². The van der Waals surface area contributed by atoms with E-state index in [2.05, 4.69) is 29.4 Å². The molecule has 0 fully saturated rings. The molecule has 0 saturated carbocycles. The Morgan fingerprint density at radius 2 is 2.00 bits per heavy atom. The second kappa shape index (κ2) is 8.44. The Morgan fingerprint density at radius 3 is 2.54 bits per heavy atom. The summed E-state index contributed by atoms with van der Waals surface area (Å²) < 4.78 is 12.3. The van der Waals surface area contributed by atoms with Gasteiger partial charge in [-0.3, -0.25) is 4.79 Å². The van der Waals surface area contributed by atoms with Crippen molar-refractivity contribution < 1.29 is 14.3 Å². The fourth-order valence-electron chi connectivity index (χ4n) is 2.33. The number of rotatable bonds is 8. The number of benzene rings is 1. The van der Waals surface area contributed by atoms with Crippen molar-refractivity contribution in [2.45, 2.75) is 26.5 Å². The first-order valence-corrected chi connectivity index (χ1v) is 7.85. The van der Waals surface area contributed by atoms with Gasteiger partial charge in [-0.25, -0.2) is 0 Å². The van der Waals surface area contributed by atoms with E-state index >= 15 is 0 Å². The van der Waals surface area contributed by atoms with Gasteiger partial charge in [-0.1, -0.05) is 26.0 Å². The number of hydrogen-bond acceptors (Lipinski definition) is 5. The first-order valence-electron chi connectivity index (χ1n) is 7.85. The molecule has 0 spiro atoms. The van der Waals surface area contributed by atoms with Crippen LogP contribution in [0.4, 0.5) is 0 Å². The summed E-state index contributed by atoms with van der Waals surface area (Å²) in [6, 6.07) is 7.62. The highest BCUT2D eigenvalue weighted by molar-refractivity contribution is 5.77. The van der Waals surface area contributed by atoms with E-state index in [-0.39, 0.29) is 31.1 Å². The molecule has 7 nitrogen and oxygen atoms in total. The minimum absolute atomic E-state index is 0.0216. The molecule has 1 N–H and O–H groups in total. The number of nitrogens with one attached hydrogen (secondary N) is 1. The summed E-state index contributed by atoms with van der Waals surface area (Å²) in [5, 5.41) is 10.7. The van der Waals surface area contributed by atoms with Crippen LogP contribution in [-0.4, -0.2) is 34.4 Å². The van der Waals surface area contributed by atoms with Crippen LogP contribution in [0, 0.1) is 5.92 Å². The topological polar surface area (TPSA) is 78.3 Å². The van der Waals surface area contributed by atoms with Crippen molar-refractivity contribution in [1.82, 2.24) is 20.1 Å².